The fourth-order valence-corrected chi connectivity index (χ4v) is 3.20. The maximum Gasteiger partial charge on any atom is 0.189 e. The van der Waals surface area contributed by atoms with Crippen molar-refractivity contribution in [3.63, 3.8) is 0 Å². The first-order valence-corrected chi connectivity index (χ1v) is 8.28. The highest BCUT2D eigenvalue weighted by Gasteiger charge is 2.15. The normalized spacial score (nSPS) is 11.2. The second-order valence-corrected chi connectivity index (χ2v) is 6.37. The predicted molar refractivity (Wildman–Crippen MR) is 88.3 cm³/mol. The molecule has 20 heavy (non-hydrogen) atoms. The number of hydrogen-bond donors (Lipinski definition) is 1. The van der Waals surface area contributed by atoms with Crippen molar-refractivity contribution in [2.45, 2.75) is 19.0 Å². The Labute approximate surface area is 130 Å². The molecule has 0 aliphatic rings. The predicted octanol–water partition coefficient (Wildman–Crippen LogP) is 4.73. The second-order valence-electron chi connectivity index (χ2n) is 4.74. The summed E-state index contributed by atoms with van der Waals surface area (Å²) in [4.78, 5) is 12.4. The van der Waals surface area contributed by atoms with E-state index in [0.29, 0.717) is 0 Å². The van der Waals surface area contributed by atoms with Gasteiger partial charge in [0.25, 0.3) is 0 Å². The highest BCUT2D eigenvalue weighted by atomic mass is 79.9. The first kappa shape index (κ1) is 13.6. The zero-order valence-electron chi connectivity index (χ0n) is 11.5. The van der Waals surface area contributed by atoms with Gasteiger partial charge in [0.1, 0.15) is 5.65 Å². The summed E-state index contributed by atoms with van der Waals surface area (Å²) in [6.45, 7) is 4.22. The number of fused-ring (bicyclic) bond motifs is 1. The smallest absolute Gasteiger partial charge is 0.189 e. The molecule has 1 aromatic carbocycles. The zero-order valence-corrected chi connectivity index (χ0v) is 13.9. The Morgan fingerprint density at radius 2 is 2.00 bits per heavy atom. The van der Waals surface area contributed by atoms with Crippen LogP contribution in [0.2, 0.25) is 0 Å². The molecule has 0 atom stereocenters. The molecule has 0 spiro atoms. The van der Waals surface area contributed by atoms with Gasteiger partial charge in [-0.25, -0.2) is 9.97 Å². The molecule has 0 saturated heterocycles. The van der Waals surface area contributed by atoms with E-state index in [2.05, 4.69) is 57.9 Å². The number of aromatic amines is 1. The third kappa shape index (κ3) is 2.25. The quantitative estimate of drug-likeness (QED) is 0.538. The molecule has 0 radical (unpaired) electrons. The molecule has 3 nitrogen and oxygen atoms in total. The van der Waals surface area contributed by atoms with Gasteiger partial charge in [-0.05, 0) is 41.6 Å². The van der Waals surface area contributed by atoms with Crippen LogP contribution in [0.5, 0.6) is 0 Å². The number of aryl methyl sites for hydroxylation is 2. The molecule has 102 valence electrons. The molecule has 3 rings (SSSR count). The largest absolute Gasteiger partial charge is 0.345 e. The van der Waals surface area contributed by atoms with E-state index in [1.54, 1.807) is 11.8 Å². The lowest BCUT2D eigenvalue weighted by atomic mass is 10.0. The van der Waals surface area contributed by atoms with Crippen LogP contribution in [0.1, 0.15) is 11.1 Å². The molecule has 2 heterocycles. The summed E-state index contributed by atoms with van der Waals surface area (Å²) in [6, 6.07) is 6.44. The lowest BCUT2D eigenvalue weighted by Gasteiger charge is -2.09. The van der Waals surface area contributed by atoms with Crippen LogP contribution in [0.3, 0.4) is 0 Å². The minimum Gasteiger partial charge on any atom is -0.345 e. The molecule has 2 aromatic heterocycles. The third-order valence-electron chi connectivity index (χ3n) is 3.28. The third-order valence-corrected chi connectivity index (χ3v) is 4.46. The van der Waals surface area contributed by atoms with Crippen LogP contribution in [0.25, 0.3) is 22.3 Å². The summed E-state index contributed by atoms with van der Waals surface area (Å²) in [5.41, 5.74) is 5.48. The number of rotatable bonds is 2. The number of aromatic nitrogens is 3. The first-order valence-electron chi connectivity index (χ1n) is 6.26. The monoisotopic (exact) mass is 347 g/mol. The zero-order chi connectivity index (χ0) is 14.3. The number of thioether (sulfide) groups is 1. The molecule has 0 fully saturated rings. The van der Waals surface area contributed by atoms with E-state index < -0.39 is 0 Å². The topological polar surface area (TPSA) is 41.6 Å². The van der Waals surface area contributed by atoms with Gasteiger partial charge >= 0.3 is 0 Å². The van der Waals surface area contributed by atoms with E-state index in [4.69, 9.17) is 4.98 Å². The van der Waals surface area contributed by atoms with E-state index in [-0.39, 0.29) is 0 Å². The van der Waals surface area contributed by atoms with Crippen molar-refractivity contribution in [3.8, 4) is 11.3 Å². The molecule has 0 bridgehead atoms. The summed E-state index contributed by atoms with van der Waals surface area (Å²) < 4.78 is 0.995. The van der Waals surface area contributed by atoms with Gasteiger partial charge in [0.2, 0.25) is 0 Å². The average molecular weight is 348 g/mol. The minimum absolute atomic E-state index is 0.779. The average Bonchev–Trinajstić information content (AvgIpc) is 2.80. The maximum absolute atomic E-state index is 4.72. The van der Waals surface area contributed by atoms with Crippen molar-refractivity contribution >= 4 is 38.7 Å². The number of nitrogens with zero attached hydrogens (tertiary/aromatic N) is 2. The summed E-state index contributed by atoms with van der Waals surface area (Å²) in [5, 5.41) is 1.82. The Kier molecular flexibility index (Phi) is 3.56. The molecule has 3 aromatic rings. The number of H-pyrrole nitrogens is 1. The van der Waals surface area contributed by atoms with Crippen LogP contribution in [-0.2, 0) is 0 Å². The fourth-order valence-electron chi connectivity index (χ4n) is 2.34. The fraction of sp³-hybridized carbons (Fsp3) is 0.200. The van der Waals surface area contributed by atoms with Crippen molar-refractivity contribution < 1.29 is 0 Å². The Morgan fingerprint density at radius 1 is 1.20 bits per heavy atom. The maximum atomic E-state index is 4.72. The lowest BCUT2D eigenvalue weighted by molar-refractivity contribution is 1.00. The standard InChI is InChI=1S/C15H14BrN3S/c1-8-4-5-10(9(2)6-8)13-12-11(16)7-17-14(12)19-15(18-13)20-3/h4-7H,1-3H3,(H,17,18,19). The van der Waals surface area contributed by atoms with Gasteiger partial charge in [0, 0.05) is 16.2 Å². The van der Waals surface area contributed by atoms with Gasteiger partial charge in [0.15, 0.2) is 5.16 Å². The van der Waals surface area contributed by atoms with Crippen LogP contribution < -0.4 is 0 Å². The van der Waals surface area contributed by atoms with E-state index in [9.17, 15) is 0 Å². The number of halogens is 1. The van der Waals surface area contributed by atoms with Gasteiger partial charge in [-0.15, -0.1) is 0 Å². The highest BCUT2D eigenvalue weighted by molar-refractivity contribution is 9.10. The number of nitrogens with one attached hydrogen (secondary N) is 1. The SMILES string of the molecule is CSc1nc(-c2ccc(C)cc2C)c2c(Br)c[nH]c2n1. The van der Waals surface area contributed by atoms with E-state index >= 15 is 0 Å². The first-order chi connectivity index (χ1) is 9.60. The van der Waals surface area contributed by atoms with Gasteiger partial charge in [-0.3, -0.25) is 0 Å². The molecule has 0 saturated carbocycles. The molecule has 0 amide bonds. The lowest BCUT2D eigenvalue weighted by Crippen LogP contribution is -1.94. The van der Waals surface area contributed by atoms with E-state index in [0.717, 1.165) is 31.9 Å². The van der Waals surface area contributed by atoms with Crippen molar-refractivity contribution in [2.24, 2.45) is 0 Å². The molecular weight excluding hydrogens is 334 g/mol. The van der Waals surface area contributed by atoms with Crippen molar-refractivity contribution in [1.82, 2.24) is 15.0 Å². The Balaban J connectivity index is 2.36. The minimum atomic E-state index is 0.779. The van der Waals surface area contributed by atoms with Crippen LogP contribution >= 0.6 is 27.7 Å². The van der Waals surface area contributed by atoms with Gasteiger partial charge in [-0.2, -0.15) is 0 Å². The summed E-state index contributed by atoms with van der Waals surface area (Å²) in [5.74, 6) is 0. The molecule has 5 heteroatoms. The highest BCUT2D eigenvalue weighted by Crippen LogP contribution is 2.34. The molecular formula is C15H14BrN3S. The van der Waals surface area contributed by atoms with Crippen molar-refractivity contribution in [3.05, 3.63) is 40.0 Å². The van der Waals surface area contributed by atoms with Gasteiger partial charge in [-0.1, -0.05) is 35.5 Å². The van der Waals surface area contributed by atoms with Crippen LogP contribution in [0.4, 0.5) is 0 Å². The molecule has 0 aliphatic heterocycles. The van der Waals surface area contributed by atoms with E-state index in [1.807, 2.05) is 12.5 Å². The van der Waals surface area contributed by atoms with Crippen LogP contribution in [0.15, 0.2) is 34.0 Å². The number of benzene rings is 1. The van der Waals surface area contributed by atoms with Gasteiger partial charge < -0.3 is 4.98 Å². The number of hydrogen-bond acceptors (Lipinski definition) is 3. The summed E-state index contributed by atoms with van der Waals surface area (Å²) >= 11 is 5.14. The molecule has 0 aliphatic carbocycles. The van der Waals surface area contributed by atoms with Gasteiger partial charge in [0.05, 0.1) is 11.1 Å². The Morgan fingerprint density at radius 3 is 2.70 bits per heavy atom. The Bertz CT molecular complexity index is 795. The van der Waals surface area contributed by atoms with E-state index in [1.165, 1.54) is 11.1 Å². The van der Waals surface area contributed by atoms with Crippen LogP contribution in [0, 0.1) is 13.8 Å². The second kappa shape index (κ2) is 5.22. The summed E-state index contributed by atoms with van der Waals surface area (Å²) in [6.07, 6.45) is 3.90. The molecule has 1 N–H and O–H groups in total. The van der Waals surface area contributed by atoms with Crippen molar-refractivity contribution in [1.29, 1.82) is 0 Å². The summed E-state index contributed by atoms with van der Waals surface area (Å²) in [7, 11) is 0. The van der Waals surface area contributed by atoms with Crippen LogP contribution in [-0.4, -0.2) is 21.2 Å². The Hall–Kier alpha value is -1.33. The molecule has 0 unspecified atom stereocenters. The van der Waals surface area contributed by atoms with Crippen molar-refractivity contribution in [2.75, 3.05) is 6.26 Å².